The minimum Gasteiger partial charge on any atom is -0.307 e. The molecule has 0 saturated carbocycles. The Balaban J connectivity index is 0.977. The van der Waals surface area contributed by atoms with E-state index >= 15 is 0 Å². The number of rotatable bonds is 9. The van der Waals surface area contributed by atoms with Crippen LogP contribution in [0.1, 0.15) is 22.3 Å². The molecule has 0 saturated heterocycles. The van der Waals surface area contributed by atoms with Crippen molar-refractivity contribution in [3.8, 4) is 79.7 Å². The van der Waals surface area contributed by atoms with Crippen molar-refractivity contribution in [3.05, 3.63) is 301 Å². The molecule has 15 aromatic rings. The molecule has 0 radical (unpaired) electrons. The Kier molecular flexibility index (Phi) is 10.6. The molecule has 378 valence electrons. The van der Waals surface area contributed by atoms with Crippen LogP contribution in [0.2, 0.25) is 0 Å². The number of benzene rings is 11. The molecule has 8 nitrogen and oxygen atoms in total. The van der Waals surface area contributed by atoms with Gasteiger partial charge in [0.2, 0.25) is 5.95 Å². The Hall–Kier alpha value is -11.0. The largest absolute Gasteiger partial charge is 0.307 e. The molecule has 0 bridgehead atoms. The normalized spacial score (nSPS) is 12.5. The Morgan fingerprint density at radius 1 is 0.272 bits per heavy atom. The highest BCUT2D eigenvalue weighted by Gasteiger charge is 2.48. The van der Waals surface area contributed by atoms with Gasteiger partial charge in [0.25, 0.3) is 0 Å². The molecule has 11 aromatic carbocycles. The summed E-state index contributed by atoms with van der Waals surface area (Å²) in [4.78, 5) is 32.2. The van der Waals surface area contributed by atoms with Crippen LogP contribution in [0.15, 0.2) is 279 Å². The highest BCUT2D eigenvalue weighted by molar-refractivity contribution is 6.23. The van der Waals surface area contributed by atoms with Gasteiger partial charge in [-0.05, 0) is 57.6 Å². The van der Waals surface area contributed by atoms with Crippen LogP contribution in [0.25, 0.3) is 123 Å². The summed E-state index contributed by atoms with van der Waals surface area (Å²) in [6.45, 7) is 0. The standard InChI is InChI=1S/C73H46N8/c1-6-24-47(25-7-1)67-74-68(48-26-8-2-9-27-48)76-70(75-67)50-30-22-35-53(46-50)80-62-42-20-17-37-55(62)58-44-45-59-56-38-18-21-43-63(56)81(66(59)65(58)80)72-78-69(49-28-10-3-11-29-49)77-71(79-72)60-40-23-39-57-54-36-16-19-41-61(54)73(64(57)60,51-31-12-4-13-32-51)52-33-14-5-15-34-52/h1-46H. The minimum absolute atomic E-state index is 0.508. The lowest BCUT2D eigenvalue weighted by molar-refractivity contribution is 0.768. The molecule has 0 N–H and O–H groups in total. The zero-order valence-electron chi connectivity index (χ0n) is 43.6. The van der Waals surface area contributed by atoms with Crippen LogP contribution in [0.4, 0.5) is 0 Å². The topological polar surface area (TPSA) is 87.2 Å². The summed E-state index contributed by atoms with van der Waals surface area (Å²) in [7, 11) is 0. The molecule has 0 aliphatic heterocycles. The van der Waals surface area contributed by atoms with Gasteiger partial charge >= 0.3 is 0 Å². The quantitative estimate of drug-likeness (QED) is 0.143. The van der Waals surface area contributed by atoms with Gasteiger partial charge in [0.1, 0.15) is 0 Å². The predicted octanol–water partition coefficient (Wildman–Crippen LogP) is 16.9. The number of hydrogen-bond acceptors (Lipinski definition) is 6. The van der Waals surface area contributed by atoms with Crippen LogP contribution in [-0.4, -0.2) is 39.0 Å². The lowest BCUT2D eigenvalue weighted by atomic mass is 9.66. The highest BCUT2D eigenvalue weighted by Crippen LogP contribution is 2.58. The summed E-state index contributed by atoms with van der Waals surface area (Å²) in [5.41, 5.74) is 15.8. The van der Waals surface area contributed by atoms with Crippen molar-refractivity contribution in [1.82, 2.24) is 39.0 Å². The molecule has 1 aliphatic carbocycles. The Labute approximate surface area is 466 Å². The van der Waals surface area contributed by atoms with Crippen molar-refractivity contribution in [3.63, 3.8) is 0 Å². The van der Waals surface area contributed by atoms with Gasteiger partial charge in [0, 0.05) is 55.0 Å². The van der Waals surface area contributed by atoms with E-state index in [0.717, 1.165) is 99.4 Å². The Morgan fingerprint density at radius 3 is 1.27 bits per heavy atom. The fraction of sp³-hybridized carbons (Fsp3) is 0.0137. The first-order valence-electron chi connectivity index (χ1n) is 27.3. The smallest absolute Gasteiger partial charge is 0.238 e. The second kappa shape index (κ2) is 18.6. The monoisotopic (exact) mass is 1030 g/mol. The molecule has 81 heavy (non-hydrogen) atoms. The molecule has 0 fully saturated rings. The fourth-order valence-electron chi connectivity index (χ4n) is 12.7. The Morgan fingerprint density at radius 2 is 0.679 bits per heavy atom. The van der Waals surface area contributed by atoms with E-state index in [0.29, 0.717) is 35.1 Å². The van der Waals surface area contributed by atoms with Crippen LogP contribution in [0.3, 0.4) is 0 Å². The van der Waals surface area contributed by atoms with Gasteiger partial charge in [-0.2, -0.15) is 9.97 Å². The maximum absolute atomic E-state index is 5.76. The van der Waals surface area contributed by atoms with Crippen LogP contribution < -0.4 is 0 Å². The fourth-order valence-corrected chi connectivity index (χ4v) is 12.7. The molecule has 0 spiro atoms. The van der Waals surface area contributed by atoms with E-state index in [9.17, 15) is 0 Å². The second-order valence-corrected chi connectivity index (χ2v) is 20.6. The molecule has 4 heterocycles. The zero-order valence-corrected chi connectivity index (χ0v) is 43.6. The molecule has 0 amide bonds. The third kappa shape index (κ3) is 7.24. The van der Waals surface area contributed by atoms with Crippen LogP contribution in [-0.2, 0) is 5.41 Å². The van der Waals surface area contributed by atoms with E-state index < -0.39 is 5.41 Å². The van der Waals surface area contributed by atoms with Crippen molar-refractivity contribution in [2.24, 2.45) is 0 Å². The summed E-state index contributed by atoms with van der Waals surface area (Å²) in [5.74, 6) is 3.45. The van der Waals surface area contributed by atoms with Crippen LogP contribution >= 0.6 is 0 Å². The van der Waals surface area contributed by atoms with E-state index in [1.807, 2.05) is 78.9 Å². The van der Waals surface area contributed by atoms with Gasteiger partial charge < -0.3 is 4.57 Å². The van der Waals surface area contributed by atoms with E-state index in [-0.39, 0.29) is 0 Å². The average Bonchev–Trinajstić information content (AvgIpc) is 3.56. The van der Waals surface area contributed by atoms with E-state index in [1.54, 1.807) is 0 Å². The van der Waals surface area contributed by atoms with Gasteiger partial charge in [-0.3, -0.25) is 4.57 Å². The predicted molar refractivity (Wildman–Crippen MR) is 326 cm³/mol. The first-order valence-corrected chi connectivity index (χ1v) is 27.3. The molecule has 1 aliphatic rings. The lowest BCUT2D eigenvalue weighted by Gasteiger charge is -2.35. The van der Waals surface area contributed by atoms with Gasteiger partial charge in [0.15, 0.2) is 29.1 Å². The summed E-state index contributed by atoms with van der Waals surface area (Å²) >= 11 is 0. The maximum atomic E-state index is 5.76. The van der Waals surface area contributed by atoms with E-state index in [4.69, 9.17) is 29.9 Å². The summed E-state index contributed by atoms with van der Waals surface area (Å²) in [6.07, 6.45) is 0. The van der Waals surface area contributed by atoms with E-state index in [1.165, 1.54) is 11.1 Å². The number of fused-ring (bicyclic) bond motifs is 10. The first kappa shape index (κ1) is 46.2. The minimum atomic E-state index is -0.702. The lowest BCUT2D eigenvalue weighted by Crippen LogP contribution is -2.29. The third-order valence-corrected chi connectivity index (χ3v) is 16.1. The molecule has 16 rings (SSSR count). The molecule has 0 atom stereocenters. The van der Waals surface area contributed by atoms with Crippen LogP contribution in [0.5, 0.6) is 0 Å². The second-order valence-electron chi connectivity index (χ2n) is 20.6. The van der Waals surface area contributed by atoms with Crippen molar-refractivity contribution in [2.75, 3.05) is 0 Å². The van der Waals surface area contributed by atoms with Gasteiger partial charge in [-0.15, -0.1) is 0 Å². The van der Waals surface area contributed by atoms with Crippen molar-refractivity contribution >= 4 is 43.6 Å². The van der Waals surface area contributed by atoms with Crippen LogP contribution in [0, 0.1) is 0 Å². The zero-order chi connectivity index (χ0) is 53.4. The average molecular weight is 1040 g/mol. The summed E-state index contributed by atoms with van der Waals surface area (Å²) in [5, 5.41) is 4.37. The van der Waals surface area contributed by atoms with Gasteiger partial charge in [0.05, 0.1) is 27.5 Å². The third-order valence-electron chi connectivity index (χ3n) is 16.1. The highest BCUT2D eigenvalue weighted by atomic mass is 15.2. The summed E-state index contributed by atoms with van der Waals surface area (Å²) in [6, 6.07) is 98.2. The summed E-state index contributed by atoms with van der Waals surface area (Å²) < 4.78 is 4.66. The van der Waals surface area contributed by atoms with Gasteiger partial charge in [-0.25, -0.2) is 19.9 Å². The Bertz CT molecular complexity index is 4820. The van der Waals surface area contributed by atoms with Crippen molar-refractivity contribution < 1.29 is 0 Å². The first-order chi connectivity index (χ1) is 40.2. The number of nitrogens with zero attached hydrogens (tertiary/aromatic N) is 8. The molecule has 8 heteroatoms. The molecule has 0 unspecified atom stereocenters. The van der Waals surface area contributed by atoms with E-state index in [2.05, 4.69) is 209 Å². The SMILES string of the molecule is c1ccc(-c2nc(-c3ccccc3)nc(-c3cccc(-n4c5ccccc5c5ccc6c7ccccc7n(-c7nc(-c8ccccc8)nc(-c8cccc9c8C(c8ccccc8)(c8ccccc8)c8ccccc8-9)n7)c6c54)c3)n2)cc1. The number of para-hydroxylation sites is 2. The van der Waals surface area contributed by atoms with Crippen molar-refractivity contribution in [1.29, 1.82) is 0 Å². The molecular weight excluding hydrogens is 989 g/mol. The van der Waals surface area contributed by atoms with Gasteiger partial charge in [-0.1, -0.05) is 255 Å². The number of hydrogen-bond donors (Lipinski definition) is 0. The van der Waals surface area contributed by atoms with Crippen molar-refractivity contribution in [2.45, 2.75) is 5.41 Å². The molecular formula is C73H46N8. The number of aromatic nitrogens is 8. The maximum Gasteiger partial charge on any atom is 0.238 e. The molecule has 4 aromatic heterocycles.